The molecule has 0 spiro atoms. The number of hydrogen-bond acceptors (Lipinski definition) is 2. The van der Waals surface area contributed by atoms with Gasteiger partial charge in [-0.15, -0.1) is 11.3 Å². The van der Waals surface area contributed by atoms with Crippen molar-refractivity contribution in [3.8, 4) is 0 Å². The first-order valence-electron chi connectivity index (χ1n) is 6.76. The largest absolute Gasteiger partial charge is 0.313 e. The number of halogens is 1. The van der Waals surface area contributed by atoms with Crippen LogP contribution < -0.4 is 5.32 Å². The minimum atomic E-state index is 0.492. The van der Waals surface area contributed by atoms with E-state index in [9.17, 15) is 0 Å². The predicted molar refractivity (Wildman–Crippen MR) is 85.8 cm³/mol. The first-order valence-corrected chi connectivity index (χ1v) is 8.43. The Hall–Kier alpha value is -0.640. The number of benzene rings is 1. The van der Waals surface area contributed by atoms with Gasteiger partial charge in [-0.1, -0.05) is 24.3 Å². The zero-order valence-electron chi connectivity index (χ0n) is 11.0. The summed E-state index contributed by atoms with van der Waals surface area (Å²) in [5.41, 5.74) is 3.02. The topological polar surface area (TPSA) is 12.0 Å². The van der Waals surface area contributed by atoms with Gasteiger partial charge in [0.05, 0.1) is 0 Å². The van der Waals surface area contributed by atoms with Crippen molar-refractivity contribution in [3.63, 3.8) is 0 Å². The predicted octanol–water partition coefficient (Wildman–Crippen LogP) is 4.58. The average Bonchev–Trinajstić information content (AvgIpc) is 2.84. The molecular weight excluding hydrogens is 318 g/mol. The van der Waals surface area contributed by atoms with Crippen LogP contribution in [0.5, 0.6) is 0 Å². The number of aryl methyl sites for hydroxylation is 1. The second-order valence-corrected chi connectivity index (χ2v) is 7.11. The Balaban J connectivity index is 1.84. The lowest BCUT2D eigenvalue weighted by Crippen LogP contribution is -2.31. The Labute approximate surface area is 127 Å². The van der Waals surface area contributed by atoms with E-state index in [0.717, 1.165) is 0 Å². The van der Waals surface area contributed by atoms with Gasteiger partial charge < -0.3 is 5.32 Å². The van der Waals surface area contributed by atoms with Crippen molar-refractivity contribution in [3.05, 3.63) is 56.2 Å². The SMILES string of the molecule is CNC1c2ccccc2CCC1Cc1cc(Br)cs1. The zero-order chi connectivity index (χ0) is 13.2. The highest BCUT2D eigenvalue weighted by Crippen LogP contribution is 2.37. The molecular formula is C16H18BrNS. The summed E-state index contributed by atoms with van der Waals surface area (Å²) < 4.78 is 1.21. The molecule has 1 aromatic carbocycles. The van der Waals surface area contributed by atoms with Crippen LogP contribution >= 0.6 is 27.3 Å². The number of nitrogens with one attached hydrogen (secondary N) is 1. The molecule has 3 heteroatoms. The molecule has 100 valence electrons. The Morgan fingerprint density at radius 3 is 2.95 bits per heavy atom. The summed E-state index contributed by atoms with van der Waals surface area (Å²) in [6, 6.07) is 11.6. The third-order valence-electron chi connectivity index (χ3n) is 4.04. The third kappa shape index (κ3) is 2.78. The monoisotopic (exact) mass is 335 g/mol. The van der Waals surface area contributed by atoms with Crippen LogP contribution in [0.2, 0.25) is 0 Å². The van der Waals surface area contributed by atoms with E-state index < -0.39 is 0 Å². The molecule has 0 bridgehead atoms. The molecule has 2 atom stereocenters. The van der Waals surface area contributed by atoms with Crippen molar-refractivity contribution >= 4 is 27.3 Å². The quantitative estimate of drug-likeness (QED) is 0.865. The van der Waals surface area contributed by atoms with Gasteiger partial charge in [-0.05, 0) is 65.4 Å². The molecule has 1 aliphatic carbocycles. The lowest BCUT2D eigenvalue weighted by Gasteiger charge is -2.33. The van der Waals surface area contributed by atoms with E-state index in [4.69, 9.17) is 0 Å². The lowest BCUT2D eigenvalue weighted by atomic mass is 9.78. The molecule has 0 radical (unpaired) electrons. The number of thiophene rings is 1. The van der Waals surface area contributed by atoms with Gasteiger partial charge in [-0.25, -0.2) is 0 Å². The Bertz CT molecular complexity index is 563. The minimum absolute atomic E-state index is 0.492. The summed E-state index contributed by atoms with van der Waals surface area (Å²) in [4.78, 5) is 1.48. The van der Waals surface area contributed by atoms with Crippen LogP contribution in [-0.4, -0.2) is 7.05 Å². The van der Waals surface area contributed by atoms with Crippen molar-refractivity contribution in [1.29, 1.82) is 0 Å². The maximum absolute atomic E-state index is 3.55. The second kappa shape index (κ2) is 5.78. The lowest BCUT2D eigenvalue weighted by molar-refractivity contribution is 0.336. The van der Waals surface area contributed by atoms with E-state index in [1.54, 1.807) is 0 Å². The molecule has 2 aromatic rings. The van der Waals surface area contributed by atoms with E-state index in [2.05, 4.69) is 64.0 Å². The van der Waals surface area contributed by atoms with Gasteiger partial charge in [-0.2, -0.15) is 0 Å². The van der Waals surface area contributed by atoms with Crippen molar-refractivity contribution in [1.82, 2.24) is 5.32 Å². The highest BCUT2D eigenvalue weighted by Gasteiger charge is 2.28. The summed E-state index contributed by atoms with van der Waals surface area (Å²) in [5, 5.41) is 5.71. The molecule has 0 fully saturated rings. The van der Waals surface area contributed by atoms with E-state index in [-0.39, 0.29) is 0 Å². The molecule has 0 amide bonds. The summed E-state index contributed by atoms with van der Waals surface area (Å²) >= 11 is 5.41. The van der Waals surface area contributed by atoms with Gasteiger partial charge >= 0.3 is 0 Å². The normalized spacial score (nSPS) is 22.2. The first kappa shape index (κ1) is 13.3. The van der Waals surface area contributed by atoms with Crippen LogP contribution in [0.3, 0.4) is 0 Å². The number of fused-ring (bicyclic) bond motifs is 1. The summed E-state index contributed by atoms with van der Waals surface area (Å²) in [7, 11) is 2.09. The zero-order valence-corrected chi connectivity index (χ0v) is 13.4. The summed E-state index contributed by atoms with van der Waals surface area (Å²) in [6.45, 7) is 0. The fourth-order valence-electron chi connectivity index (χ4n) is 3.16. The van der Waals surface area contributed by atoms with Crippen molar-refractivity contribution in [2.75, 3.05) is 7.05 Å². The fourth-order valence-corrected chi connectivity index (χ4v) is 4.70. The van der Waals surface area contributed by atoms with E-state index in [0.29, 0.717) is 12.0 Å². The number of rotatable bonds is 3. The third-order valence-corrected chi connectivity index (χ3v) is 5.76. The minimum Gasteiger partial charge on any atom is -0.313 e. The van der Waals surface area contributed by atoms with Crippen LogP contribution in [0.25, 0.3) is 0 Å². The smallest absolute Gasteiger partial charge is 0.0352 e. The first-order chi connectivity index (χ1) is 9.28. The molecule has 1 N–H and O–H groups in total. The summed E-state index contributed by atoms with van der Waals surface area (Å²) in [6.07, 6.45) is 3.67. The fraction of sp³-hybridized carbons (Fsp3) is 0.375. The van der Waals surface area contributed by atoms with Crippen molar-refractivity contribution in [2.24, 2.45) is 5.92 Å². The van der Waals surface area contributed by atoms with Crippen LogP contribution in [-0.2, 0) is 12.8 Å². The van der Waals surface area contributed by atoms with Gasteiger partial charge in [0.2, 0.25) is 0 Å². The van der Waals surface area contributed by atoms with Crippen LogP contribution in [0.1, 0.15) is 28.5 Å². The molecule has 0 aliphatic heterocycles. The van der Waals surface area contributed by atoms with Gasteiger partial charge in [0.1, 0.15) is 0 Å². The van der Waals surface area contributed by atoms with Crippen molar-refractivity contribution in [2.45, 2.75) is 25.3 Å². The standard InChI is InChI=1S/C16H18BrNS/c1-18-16-12(8-14-9-13(17)10-19-14)7-6-11-4-2-3-5-15(11)16/h2-5,9-10,12,16,18H,6-8H2,1H3. The molecule has 1 nitrogen and oxygen atoms in total. The molecule has 0 saturated heterocycles. The Morgan fingerprint density at radius 2 is 2.21 bits per heavy atom. The number of hydrogen-bond donors (Lipinski definition) is 1. The highest BCUT2D eigenvalue weighted by molar-refractivity contribution is 9.10. The van der Waals surface area contributed by atoms with Gasteiger partial charge in [-0.3, -0.25) is 0 Å². The summed E-state index contributed by atoms with van der Waals surface area (Å²) in [5.74, 6) is 0.699. The second-order valence-electron chi connectivity index (χ2n) is 5.20. The molecule has 1 aliphatic rings. The molecule has 3 rings (SSSR count). The molecule has 1 aromatic heterocycles. The molecule has 1 heterocycles. The van der Waals surface area contributed by atoms with Gasteiger partial charge in [0.25, 0.3) is 0 Å². The van der Waals surface area contributed by atoms with Crippen LogP contribution in [0.4, 0.5) is 0 Å². The van der Waals surface area contributed by atoms with Crippen molar-refractivity contribution < 1.29 is 0 Å². The van der Waals surface area contributed by atoms with Gasteiger partial charge in [0, 0.05) is 20.8 Å². The van der Waals surface area contributed by atoms with E-state index in [1.165, 1.54) is 39.7 Å². The maximum Gasteiger partial charge on any atom is 0.0352 e. The van der Waals surface area contributed by atoms with Gasteiger partial charge in [0.15, 0.2) is 0 Å². The van der Waals surface area contributed by atoms with E-state index in [1.807, 2.05) is 11.3 Å². The maximum atomic E-state index is 3.55. The molecule has 2 unspecified atom stereocenters. The average molecular weight is 336 g/mol. The Morgan fingerprint density at radius 1 is 1.37 bits per heavy atom. The van der Waals surface area contributed by atoms with E-state index >= 15 is 0 Å². The van der Waals surface area contributed by atoms with Crippen LogP contribution in [0, 0.1) is 5.92 Å². The highest BCUT2D eigenvalue weighted by atomic mass is 79.9. The molecule has 19 heavy (non-hydrogen) atoms. The Kier molecular flexibility index (Phi) is 4.06. The molecule has 0 saturated carbocycles. The van der Waals surface area contributed by atoms with Crippen LogP contribution in [0.15, 0.2) is 40.2 Å².